The number of hydrogen-bond donors (Lipinski definition) is 2. The van der Waals surface area contributed by atoms with Crippen molar-refractivity contribution in [2.24, 2.45) is 7.05 Å². The normalized spacial score (nSPS) is 16.4. The number of hydrogen-bond acceptors (Lipinski definition) is 5. The number of carbonyl (C=O) groups excluding carboxylic acids is 1. The van der Waals surface area contributed by atoms with E-state index in [1.807, 2.05) is 6.92 Å². The number of nitrogens with zero attached hydrogens (tertiary/aromatic N) is 4. The van der Waals surface area contributed by atoms with Crippen molar-refractivity contribution >= 4 is 17.4 Å². The minimum atomic E-state index is -0.373. The highest BCUT2D eigenvalue weighted by Gasteiger charge is 2.24. The Balaban J connectivity index is 1.84. The summed E-state index contributed by atoms with van der Waals surface area (Å²) < 4.78 is 15.4. The van der Waals surface area contributed by atoms with Crippen molar-refractivity contribution in [1.82, 2.24) is 20.0 Å². The first kappa shape index (κ1) is 19.2. The molecule has 146 valence electrons. The molecule has 1 atom stereocenters. The predicted molar refractivity (Wildman–Crippen MR) is 104 cm³/mol. The largest absolute Gasteiger partial charge is 0.383 e. The highest BCUT2D eigenvalue weighted by Crippen LogP contribution is 2.29. The molecule has 0 radical (unpaired) electrons. The van der Waals surface area contributed by atoms with E-state index in [9.17, 15) is 9.18 Å². The third kappa shape index (κ3) is 3.90. The van der Waals surface area contributed by atoms with Crippen LogP contribution >= 0.6 is 0 Å². The van der Waals surface area contributed by atoms with Gasteiger partial charge in [0.05, 0.1) is 11.7 Å². The van der Waals surface area contributed by atoms with Gasteiger partial charge >= 0.3 is 0 Å². The molecule has 3 rings (SSSR count). The van der Waals surface area contributed by atoms with Crippen LogP contribution < -0.4 is 16.0 Å². The van der Waals surface area contributed by atoms with Gasteiger partial charge in [0.15, 0.2) is 0 Å². The highest BCUT2D eigenvalue weighted by atomic mass is 19.1. The first-order valence-corrected chi connectivity index (χ1v) is 9.10. The zero-order chi connectivity index (χ0) is 19.7. The monoisotopic (exact) mass is 374 g/mol. The van der Waals surface area contributed by atoms with Gasteiger partial charge in [-0.15, -0.1) is 0 Å². The zero-order valence-electron chi connectivity index (χ0n) is 16.3. The summed E-state index contributed by atoms with van der Waals surface area (Å²) in [5.74, 6) is -0.309. The van der Waals surface area contributed by atoms with E-state index in [0.29, 0.717) is 17.1 Å². The summed E-state index contributed by atoms with van der Waals surface area (Å²) in [6, 6.07) is 4.39. The summed E-state index contributed by atoms with van der Waals surface area (Å²) in [4.78, 5) is 17.2. The molecule has 1 aliphatic heterocycles. The summed E-state index contributed by atoms with van der Waals surface area (Å²) in [6.07, 6.45) is 0. The van der Waals surface area contributed by atoms with E-state index in [-0.39, 0.29) is 17.8 Å². The molecular weight excluding hydrogens is 347 g/mol. The van der Waals surface area contributed by atoms with Gasteiger partial charge in [-0.25, -0.2) is 4.39 Å². The van der Waals surface area contributed by atoms with Crippen molar-refractivity contribution in [3.8, 4) is 0 Å². The van der Waals surface area contributed by atoms with Crippen LogP contribution in [0.2, 0.25) is 0 Å². The van der Waals surface area contributed by atoms with Crippen molar-refractivity contribution in [2.75, 3.05) is 43.9 Å². The second-order valence-corrected chi connectivity index (χ2v) is 7.16. The summed E-state index contributed by atoms with van der Waals surface area (Å²) in [5, 5.41) is 7.13. The van der Waals surface area contributed by atoms with Gasteiger partial charge in [-0.05, 0) is 39.1 Å². The summed E-state index contributed by atoms with van der Waals surface area (Å²) in [6.45, 7) is 7.22. The number of nitrogens with two attached hydrogens (primary N) is 1. The van der Waals surface area contributed by atoms with Crippen molar-refractivity contribution < 1.29 is 9.18 Å². The van der Waals surface area contributed by atoms with E-state index < -0.39 is 0 Å². The second-order valence-electron chi connectivity index (χ2n) is 7.16. The molecule has 1 aliphatic rings. The second kappa shape index (κ2) is 7.56. The number of nitrogen functional groups attached to an aromatic ring is 1. The maximum atomic E-state index is 14.0. The van der Waals surface area contributed by atoms with Gasteiger partial charge in [0, 0.05) is 44.5 Å². The van der Waals surface area contributed by atoms with Gasteiger partial charge in [-0.3, -0.25) is 9.48 Å². The van der Waals surface area contributed by atoms with Crippen molar-refractivity contribution in [1.29, 1.82) is 0 Å². The van der Waals surface area contributed by atoms with Crippen LogP contribution in [0.3, 0.4) is 0 Å². The molecular formula is C19H27FN6O. The third-order valence-electron chi connectivity index (χ3n) is 5.14. The topological polar surface area (TPSA) is 79.4 Å². The van der Waals surface area contributed by atoms with Crippen molar-refractivity contribution in [3.63, 3.8) is 0 Å². The smallest absolute Gasteiger partial charge is 0.257 e. The number of likely N-dealkylation sites (N-methyl/N-ethyl adjacent to an activating group) is 1. The van der Waals surface area contributed by atoms with Gasteiger partial charge < -0.3 is 20.9 Å². The van der Waals surface area contributed by atoms with E-state index in [2.05, 4.69) is 27.3 Å². The lowest BCUT2D eigenvalue weighted by molar-refractivity contribution is 0.0940. The van der Waals surface area contributed by atoms with Gasteiger partial charge in [0.1, 0.15) is 17.2 Å². The van der Waals surface area contributed by atoms with Crippen LogP contribution in [0.4, 0.5) is 15.9 Å². The van der Waals surface area contributed by atoms with Gasteiger partial charge in [-0.2, -0.15) is 5.10 Å². The molecule has 2 heterocycles. The molecule has 27 heavy (non-hydrogen) atoms. The molecule has 1 aromatic heterocycles. The van der Waals surface area contributed by atoms with E-state index in [0.717, 1.165) is 37.4 Å². The van der Waals surface area contributed by atoms with Crippen LogP contribution in [0.25, 0.3) is 0 Å². The first-order chi connectivity index (χ1) is 12.8. The molecule has 0 spiro atoms. The highest BCUT2D eigenvalue weighted by molar-refractivity contribution is 5.99. The van der Waals surface area contributed by atoms with E-state index in [4.69, 9.17) is 5.73 Å². The number of aromatic nitrogens is 2. The third-order valence-corrected chi connectivity index (χ3v) is 5.14. The van der Waals surface area contributed by atoms with Crippen LogP contribution in [0.5, 0.6) is 0 Å². The lowest BCUT2D eigenvalue weighted by Gasteiger charge is -2.36. The summed E-state index contributed by atoms with van der Waals surface area (Å²) >= 11 is 0. The lowest BCUT2D eigenvalue weighted by Crippen LogP contribution is -2.45. The van der Waals surface area contributed by atoms with Crippen molar-refractivity contribution in [3.05, 3.63) is 40.8 Å². The number of halogens is 1. The molecule has 1 aromatic carbocycles. The number of nitrogens with one attached hydrogen (secondary N) is 1. The van der Waals surface area contributed by atoms with Gasteiger partial charge in [0.2, 0.25) is 0 Å². The maximum Gasteiger partial charge on any atom is 0.257 e. The number of rotatable bonds is 4. The van der Waals surface area contributed by atoms with Crippen LogP contribution in [0.15, 0.2) is 18.2 Å². The minimum Gasteiger partial charge on any atom is -0.383 e. The Morgan fingerprint density at radius 3 is 2.52 bits per heavy atom. The Morgan fingerprint density at radius 2 is 1.93 bits per heavy atom. The van der Waals surface area contributed by atoms with Crippen LogP contribution in [0.1, 0.15) is 34.6 Å². The molecule has 7 nitrogen and oxygen atoms in total. The maximum absolute atomic E-state index is 14.0. The van der Waals surface area contributed by atoms with Gasteiger partial charge in [0.25, 0.3) is 5.91 Å². The Bertz CT molecular complexity index is 841. The van der Waals surface area contributed by atoms with E-state index >= 15 is 0 Å². The molecule has 0 bridgehead atoms. The summed E-state index contributed by atoms with van der Waals surface area (Å²) in [7, 11) is 3.78. The average Bonchev–Trinajstić information content (AvgIpc) is 2.87. The molecule has 0 saturated carbocycles. The zero-order valence-corrected chi connectivity index (χ0v) is 16.3. The molecule has 1 unspecified atom stereocenters. The van der Waals surface area contributed by atoms with Gasteiger partial charge in [-0.1, -0.05) is 0 Å². The molecule has 1 saturated heterocycles. The Kier molecular flexibility index (Phi) is 5.36. The molecule has 1 amide bonds. The number of carbonyl (C=O) groups is 1. The SMILES string of the molecule is Cc1nn(C)c(N)c1C(=O)NC(C)c1cc(F)ccc1N1CCN(C)CC1. The fraction of sp³-hybridized carbons (Fsp3) is 0.474. The van der Waals surface area contributed by atoms with Crippen LogP contribution in [-0.4, -0.2) is 53.8 Å². The Morgan fingerprint density at radius 1 is 1.26 bits per heavy atom. The standard InChI is InChI=1S/C19H27FN6O/c1-12(22-19(27)17-13(2)23-25(4)18(17)21)15-11-14(20)5-6-16(15)26-9-7-24(3)8-10-26/h5-6,11-12H,7-10,21H2,1-4H3,(H,22,27). The van der Waals surface area contributed by atoms with E-state index in [1.165, 1.54) is 16.8 Å². The minimum absolute atomic E-state index is 0.306. The molecule has 1 fully saturated rings. The Labute approximate surface area is 158 Å². The molecule has 8 heteroatoms. The van der Waals surface area contributed by atoms with Crippen LogP contribution in [0, 0.1) is 12.7 Å². The number of anilines is 2. The average molecular weight is 374 g/mol. The fourth-order valence-electron chi connectivity index (χ4n) is 3.51. The predicted octanol–water partition coefficient (Wildman–Crippen LogP) is 1.69. The van der Waals surface area contributed by atoms with Crippen molar-refractivity contribution in [2.45, 2.75) is 19.9 Å². The number of aryl methyl sites for hydroxylation is 2. The molecule has 3 N–H and O–H groups in total. The summed E-state index contributed by atoms with van der Waals surface area (Å²) in [5.41, 5.74) is 8.61. The van der Waals surface area contributed by atoms with E-state index in [1.54, 1.807) is 20.0 Å². The molecule has 2 aromatic rings. The Hall–Kier alpha value is -2.61. The number of benzene rings is 1. The number of piperazine rings is 1. The first-order valence-electron chi connectivity index (χ1n) is 9.10. The number of amides is 1. The molecule has 0 aliphatic carbocycles. The quantitative estimate of drug-likeness (QED) is 0.851. The fourth-order valence-corrected chi connectivity index (χ4v) is 3.51. The van der Waals surface area contributed by atoms with Crippen LogP contribution in [-0.2, 0) is 7.05 Å². The lowest BCUT2D eigenvalue weighted by atomic mass is 10.0.